The molecule has 1 aliphatic rings. The fourth-order valence-electron chi connectivity index (χ4n) is 2.75. The number of hydrogen-bond donors (Lipinski definition) is 2. The number of amides is 2. The van der Waals surface area contributed by atoms with Gasteiger partial charge in [-0.3, -0.25) is 0 Å². The molecule has 0 unspecified atom stereocenters. The number of methoxy groups -OCH3 is 1. The average Bonchev–Trinajstić information content (AvgIpc) is 2.52. The molecule has 1 fully saturated rings. The maximum Gasteiger partial charge on any atom is 0.418 e. The molecule has 1 aromatic carbocycles. The molecule has 0 saturated carbocycles. The number of nitrogens with zero attached hydrogens (tertiary/aromatic N) is 1. The van der Waals surface area contributed by atoms with E-state index in [1.165, 1.54) is 18.1 Å². The first-order chi connectivity index (χ1) is 12.0. The van der Waals surface area contributed by atoms with Gasteiger partial charge in [0.25, 0.3) is 0 Å². The summed E-state index contributed by atoms with van der Waals surface area (Å²) < 4.78 is 69.5. The van der Waals surface area contributed by atoms with Gasteiger partial charge in [-0.05, 0) is 31.0 Å². The van der Waals surface area contributed by atoms with Crippen LogP contribution in [-0.2, 0) is 16.2 Å². The molecule has 2 N–H and O–H groups in total. The number of hydrogen-bond acceptors (Lipinski definition) is 4. The molecule has 0 aromatic heterocycles. The van der Waals surface area contributed by atoms with Crippen LogP contribution in [0.15, 0.2) is 18.2 Å². The molecule has 1 saturated heterocycles. The lowest BCUT2D eigenvalue weighted by Crippen LogP contribution is -2.50. The van der Waals surface area contributed by atoms with Crippen molar-refractivity contribution in [3.63, 3.8) is 0 Å². The van der Waals surface area contributed by atoms with E-state index in [0.29, 0.717) is 19.4 Å². The van der Waals surface area contributed by atoms with Crippen LogP contribution in [-0.4, -0.2) is 51.8 Å². The Morgan fingerprint density at radius 2 is 2.04 bits per heavy atom. The van der Waals surface area contributed by atoms with E-state index in [9.17, 15) is 26.4 Å². The second-order valence-corrected chi connectivity index (χ2v) is 7.79. The normalized spacial score (nSPS) is 18.5. The van der Waals surface area contributed by atoms with E-state index in [-0.39, 0.29) is 18.0 Å². The van der Waals surface area contributed by atoms with Gasteiger partial charge in [-0.1, -0.05) is 0 Å². The second kappa shape index (κ2) is 7.70. The minimum atomic E-state index is -4.67. The third kappa shape index (κ3) is 5.49. The van der Waals surface area contributed by atoms with Gasteiger partial charge in [-0.2, -0.15) is 13.2 Å². The Morgan fingerprint density at radius 3 is 2.62 bits per heavy atom. The number of sulfonamides is 1. The number of carbonyl (C=O) groups is 1. The first kappa shape index (κ1) is 20.3. The maximum absolute atomic E-state index is 13.2. The molecule has 2 rings (SSSR count). The number of carbonyl (C=O) groups excluding carboxylic acids is 1. The third-order valence-corrected chi connectivity index (χ3v) is 4.62. The number of rotatable bonds is 4. The predicted octanol–water partition coefficient (Wildman–Crippen LogP) is 2.26. The quantitative estimate of drug-likeness (QED) is 0.819. The van der Waals surface area contributed by atoms with Gasteiger partial charge >= 0.3 is 12.2 Å². The number of anilines is 1. The lowest BCUT2D eigenvalue weighted by molar-refractivity contribution is -0.137. The van der Waals surface area contributed by atoms with Crippen LogP contribution >= 0.6 is 0 Å². The minimum Gasteiger partial charge on any atom is -0.497 e. The molecule has 7 nitrogen and oxygen atoms in total. The smallest absolute Gasteiger partial charge is 0.418 e. The summed E-state index contributed by atoms with van der Waals surface area (Å²) in [5.41, 5.74) is -1.41. The van der Waals surface area contributed by atoms with Gasteiger partial charge in [0.05, 0.1) is 24.6 Å². The molecule has 11 heteroatoms. The van der Waals surface area contributed by atoms with Gasteiger partial charge in [0.1, 0.15) is 5.75 Å². The number of likely N-dealkylation sites (tertiary alicyclic amines) is 1. The Balaban J connectivity index is 2.14. The van der Waals surface area contributed by atoms with Crippen molar-refractivity contribution in [2.24, 2.45) is 0 Å². The standard InChI is InChI=1S/C15H20F3N3O4S/c1-25-11-5-6-13(12(8-11)15(16,17)18)19-14(22)21-7-3-4-10(9-21)20-26(2,23)24/h5-6,8,10,20H,3-4,7,9H2,1-2H3,(H,19,22)/t10-/m1/s1. The first-order valence-electron chi connectivity index (χ1n) is 7.78. The molecule has 0 aliphatic carbocycles. The van der Waals surface area contributed by atoms with E-state index in [0.717, 1.165) is 18.4 Å². The van der Waals surface area contributed by atoms with Crippen molar-refractivity contribution in [2.45, 2.75) is 25.1 Å². The third-order valence-electron chi connectivity index (χ3n) is 3.86. The number of piperidine rings is 1. The van der Waals surface area contributed by atoms with E-state index in [2.05, 4.69) is 10.0 Å². The van der Waals surface area contributed by atoms with Crippen LogP contribution in [0.1, 0.15) is 18.4 Å². The molecule has 1 aliphatic heterocycles. The molecular weight excluding hydrogens is 375 g/mol. The summed E-state index contributed by atoms with van der Waals surface area (Å²) >= 11 is 0. The Hall–Kier alpha value is -2.01. The van der Waals surface area contributed by atoms with Crippen molar-refractivity contribution in [1.82, 2.24) is 9.62 Å². The SMILES string of the molecule is COc1ccc(NC(=O)N2CCC[C@@H](NS(C)(=O)=O)C2)c(C(F)(F)F)c1. The predicted molar refractivity (Wildman–Crippen MR) is 89.6 cm³/mol. The molecular formula is C15H20F3N3O4S. The summed E-state index contributed by atoms with van der Waals surface area (Å²) in [6.07, 6.45) is -2.57. The van der Waals surface area contributed by atoms with Crippen LogP contribution in [0.2, 0.25) is 0 Å². The van der Waals surface area contributed by atoms with E-state index in [1.54, 1.807) is 0 Å². The average molecular weight is 395 g/mol. The topological polar surface area (TPSA) is 87.7 Å². The summed E-state index contributed by atoms with van der Waals surface area (Å²) in [4.78, 5) is 13.6. The fraction of sp³-hybridized carbons (Fsp3) is 0.533. The van der Waals surface area contributed by atoms with Crippen molar-refractivity contribution >= 4 is 21.7 Å². The van der Waals surface area contributed by atoms with Crippen LogP contribution in [0.4, 0.5) is 23.7 Å². The second-order valence-electron chi connectivity index (χ2n) is 6.01. The highest BCUT2D eigenvalue weighted by atomic mass is 32.2. The van der Waals surface area contributed by atoms with E-state index in [1.807, 2.05) is 0 Å². The highest BCUT2D eigenvalue weighted by molar-refractivity contribution is 7.88. The maximum atomic E-state index is 13.2. The van der Waals surface area contributed by atoms with Crippen LogP contribution in [0.25, 0.3) is 0 Å². The Kier molecular flexibility index (Phi) is 6.02. The summed E-state index contributed by atoms with van der Waals surface area (Å²) in [6, 6.07) is 2.05. The number of urea groups is 1. The van der Waals surface area contributed by atoms with Crippen molar-refractivity contribution in [3.8, 4) is 5.75 Å². The molecule has 146 valence electrons. The Bertz CT molecular complexity index is 768. The van der Waals surface area contributed by atoms with Crippen molar-refractivity contribution in [3.05, 3.63) is 23.8 Å². The molecule has 1 atom stereocenters. The lowest BCUT2D eigenvalue weighted by atomic mass is 10.1. The lowest BCUT2D eigenvalue weighted by Gasteiger charge is -2.33. The summed E-state index contributed by atoms with van der Waals surface area (Å²) in [6.45, 7) is 0.404. The number of halogens is 3. The van der Waals surface area contributed by atoms with Gasteiger partial charge in [-0.15, -0.1) is 0 Å². The first-order valence-corrected chi connectivity index (χ1v) is 9.67. The van der Waals surface area contributed by atoms with E-state index in [4.69, 9.17) is 4.74 Å². The molecule has 0 radical (unpaired) electrons. The van der Waals surface area contributed by atoms with Gasteiger partial charge in [0, 0.05) is 19.1 Å². The van der Waals surface area contributed by atoms with Gasteiger partial charge in [0.15, 0.2) is 0 Å². The van der Waals surface area contributed by atoms with Crippen LogP contribution in [0.3, 0.4) is 0 Å². The monoisotopic (exact) mass is 395 g/mol. The number of ether oxygens (including phenoxy) is 1. The van der Waals surface area contributed by atoms with E-state index < -0.39 is 33.8 Å². The summed E-state index contributed by atoms with van der Waals surface area (Å²) in [5.74, 6) is 0.0192. The highest BCUT2D eigenvalue weighted by Gasteiger charge is 2.35. The molecule has 1 heterocycles. The van der Waals surface area contributed by atoms with E-state index >= 15 is 0 Å². The minimum absolute atomic E-state index is 0.0192. The molecule has 2 amide bonds. The molecule has 1 aromatic rings. The number of benzene rings is 1. The molecule has 0 bridgehead atoms. The van der Waals surface area contributed by atoms with Crippen molar-refractivity contribution in [1.29, 1.82) is 0 Å². The van der Waals surface area contributed by atoms with Crippen LogP contribution in [0.5, 0.6) is 5.75 Å². The van der Waals surface area contributed by atoms with Gasteiger partial charge in [0.2, 0.25) is 10.0 Å². The van der Waals surface area contributed by atoms with Gasteiger partial charge in [-0.25, -0.2) is 17.9 Å². The zero-order valence-corrected chi connectivity index (χ0v) is 15.1. The van der Waals surface area contributed by atoms with Crippen molar-refractivity contribution < 1.29 is 31.1 Å². The van der Waals surface area contributed by atoms with Crippen molar-refractivity contribution in [2.75, 3.05) is 31.8 Å². The Labute approximate surface area is 149 Å². The molecule has 26 heavy (non-hydrogen) atoms. The zero-order valence-electron chi connectivity index (χ0n) is 14.3. The Morgan fingerprint density at radius 1 is 1.35 bits per heavy atom. The zero-order chi connectivity index (χ0) is 19.5. The van der Waals surface area contributed by atoms with Crippen LogP contribution in [0, 0.1) is 0 Å². The largest absolute Gasteiger partial charge is 0.497 e. The highest BCUT2D eigenvalue weighted by Crippen LogP contribution is 2.37. The van der Waals surface area contributed by atoms with Gasteiger partial charge < -0.3 is 15.0 Å². The summed E-state index contributed by atoms with van der Waals surface area (Å²) in [7, 11) is -2.19. The number of nitrogens with one attached hydrogen (secondary N) is 2. The number of alkyl halides is 3. The summed E-state index contributed by atoms with van der Waals surface area (Å²) in [5, 5.41) is 2.26. The van der Waals surface area contributed by atoms with Crippen LogP contribution < -0.4 is 14.8 Å². The molecule has 0 spiro atoms. The fourth-order valence-corrected chi connectivity index (χ4v) is 3.55.